The van der Waals surface area contributed by atoms with Crippen LogP contribution in [0.4, 0.5) is 13.2 Å². The first-order valence-electron chi connectivity index (χ1n) is 6.88. The zero-order valence-electron chi connectivity index (χ0n) is 12.8. The Kier molecular flexibility index (Phi) is 4.79. The van der Waals surface area contributed by atoms with Crippen molar-refractivity contribution in [1.29, 1.82) is 0 Å². The van der Waals surface area contributed by atoms with Crippen molar-refractivity contribution in [2.45, 2.75) is 25.1 Å². The lowest BCUT2D eigenvalue weighted by molar-refractivity contribution is -0.253. The van der Waals surface area contributed by atoms with Gasteiger partial charge in [-0.1, -0.05) is 18.2 Å². The van der Waals surface area contributed by atoms with Crippen molar-refractivity contribution in [3.8, 4) is 0 Å². The standard InChI is InChI=1S/C14H13F3N4O4/c1-13(25,14(15,16)17)6-9(22)18-21-12(24)10-7-4-2-3-5-8(7)11(23)20-19-10/h2-5,25H,6H2,1H3,(H,18,22)(H,20,23)(H,21,24)/t13-/m0/s1. The predicted octanol–water partition coefficient (Wildman–Crippen LogP) is 0.388. The van der Waals surface area contributed by atoms with Crippen molar-refractivity contribution in [3.05, 3.63) is 40.3 Å². The Morgan fingerprint density at radius 1 is 1.20 bits per heavy atom. The first-order chi connectivity index (χ1) is 11.5. The van der Waals surface area contributed by atoms with Crippen molar-refractivity contribution in [1.82, 2.24) is 21.0 Å². The lowest BCUT2D eigenvalue weighted by Crippen LogP contribution is -2.49. The van der Waals surface area contributed by atoms with Crippen molar-refractivity contribution in [2.75, 3.05) is 0 Å². The van der Waals surface area contributed by atoms with Gasteiger partial charge in [0.2, 0.25) is 5.91 Å². The number of hydrazine groups is 1. The van der Waals surface area contributed by atoms with Gasteiger partial charge in [-0.05, 0) is 13.0 Å². The highest BCUT2D eigenvalue weighted by atomic mass is 19.4. The largest absolute Gasteiger partial charge is 0.417 e. The number of rotatable bonds is 3. The average molecular weight is 358 g/mol. The van der Waals surface area contributed by atoms with Gasteiger partial charge in [0.15, 0.2) is 11.3 Å². The van der Waals surface area contributed by atoms with E-state index in [1.165, 1.54) is 12.1 Å². The van der Waals surface area contributed by atoms with Gasteiger partial charge in [-0.15, -0.1) is 0 Å². The van der Waals surface area contributed by atoms with Crippen LogP contribution < -0.4 is 16.4 Å². The molecule has 0 aliphatic rings. The van der Waals surface area contributed by atoms with E-state index in [9.17, 15) is 32.7 Å². The summed E-state index contributed by atoms with van der Waals surface area (Å²) in [5.74, 6) is -2.21. The number of benzene rings is 1. The third-order valence-corrected chi connectivity index (χ3v) is 3.34. The molecule has 0 spiro atoms. The number of alkyl halides is 3. The van der Waals surface area contributed by atoms with Crippen LogP contribution in [0.25, 0.3) is 10.8 Å². The number of aromatic nitrogens is 2. The number of nitrogens with one attached hydrogen (secondary N) is 3. The average Bonchev–Trinajstić information content (AvgIpc) is 2.52. The third kappa shape index (κ3) is 3.94. The predicted molar refractivity (Wildman–Crippen MR) is 79.3 cm³/mol. The lowest BCUT2D eigenvalue weighted by Gasteiger charge is -2.25. The first kappa shape index (κ1) is 18.4. The second kappa shape index (κ2) is 6.51. The first-order valence-corrected chi connectivity index (χ1v) is 6.88. The summed E-state index contributed by atoms with van der Waals surface area (Å²) in [6.45, 7) is 0.436. The smallest absolute Gasteiger partial charge is 0.380 e. The molecule has 0 unspecified atom stereocenters. The van der Waals surface area contributed by atoms with Gasteiger partial charge in [-0.25, -0.2) is 5.10 Å². The van der Waals surface area contributed by atoms with Crippen LogP contribution in [0.3, 0.4) is 0 Å². The minimum atomic E-state index is -5.01. The Hall–Kier alpha value is -2.95. The fraction of sp³-hybridized carbons (Fsp3) is 0.286. The monoisotopic (exact) mass is 358 g/mol. The van der Waals surface area contributed by atoms with Crippen LogP contribution in [0.2, 0.25) is 0 Å². The molecule has 0 radical (unpaired) electrons. The number of aromatic amines is 1. The van der Waals surface area contributed by atoms with Crippen LogP contribution in [-0.2, 0) is 4.79 Å². The number of hydrogen-bond acceptors (Lipinski definition) is 5. The van der Waals surface area contributed by atoms with Gasteiger partial charge in [0, 0.05) is 5.39 Å². The van der Waals surface area contributed by atoms with Crippen LogP contribution in [0, 0.1) is 0 Å². The molecule has 2 rings (SSSR count). The van der Waals surface area contributed by atoms with Crippen LogP contribution in [0.5, 0.6) is 0 Å². The normalized spacial score (nSPS) is 14.0. The van der Waals surface area contributed by atoms with Crippen molar-refractivity contribution >= 4 is 22.6 Å². The van der Waals surface area contributed by atoms with Gasteiger partial charge in [-0.3, -0.25) is 25.2 Å². The van der Waals surface area contributed by atoms with Crippen LogP contribution in [0.15, 0.2) is 29.1 Å². The Morgan fingerprint density at radius 3 is 2.40 bits per heavy atom. The number of hydrogen-bond donors (Lipinski definition) is 4. The number of fused-ring (bicyclic) bond motifs is 1. The summed E-state index contributed by atoms with van der Waals surface area (Å²) in [7, 11) is 0. The maximum Gasteiger partial charge on any atom is 0.417 e. The molecule has 0 aliphatic carbocycles. The van der Waals surface area contributed by atoms with Gasteiger partial charge in [-0.2, -0.15) is 18.3 Å². The molecule has 25 heavy (non-hydrogen) atoms. The SMILES string of the molecule is C[C@](O)(CC(=O)NNC(=O)c1n[nH]c(=O)c2ccccc12)C(F)(F)F. The number of halogens is 3. The van der Waals surface area contributed by atoms with E-state index >= 15 is 0 Å². The molecule has 0 saturated heterocycles. The number of H-pyrrole nitrogens is 1. The van der Waals surface area contributed by atoms with E-state index in [1.807, 2.05) is 5.43 Å². The highest BCUT2D eigenvalue weighted by Crippen LogP contribution is 2.32. The van der Waals surface area contributed by atoms with Crippen LogP contribution in [0.1, 0.15) is 23.8 Å². The molecule has 0 bridgehead atoms. The summed E-state index contributed by atoms with van der Waals surface area (Å²) in [5.41, 5.74) is -0.373. The van der Waals surface area contributed by atoms with Crippen molar-refractivity contribution in [3.63, 3.8) is 0 Å². The molecule has 8 nitrogen and oxygen atoms in total. The number of nitrogens with zero attached hydrogens (tertiary/aromatic N) is 1. The van der Waals surface area contributed by atoms with Gasteiger partial charge in [0.25, 0.3) is 11.5 Å². The van der Waals surface area contributed by atoms with Gasteiger partial charge < -0.3 is 5.11 Å². The summed E-state index contributed by atoms with van der Waals surface area (Å²) in [5, 5.41) is 15.3. The summed E-state index contributed by atoms with van der Waals surface area (Å²) in [6, 6.07) is 6.02. The lowest BCUT2D eigenvalue weighted by atomic mass is 10.0. The zero-order chi connectivity index (χ0) is 18.8. The summed E-state index contributed by atoms with van der Waals surface area (Å²) in [6.07, 6.45) is -6.32. The molecule has 1 heterocycles. The zero-order valence-corrected chi connectivity index (χ0v) is 12.8. The minimum absolute atomic E-state index is 0.175. The molecule has 11 heteroatoms. The Labute approximate surface area is 138 Å². The number of carbonyl (C=O) groups excluding carboxylic acids is 2. The molecule has 4 N–H and O–H groups in total. The molecular formula is C14H13F3N4O4. The fourth-order valence-electron chi connectivity index (χ4n) is 1.93. The van der Waals surface area contributed by atoms with Crippen molar-refractivity contribution in [2.24, 2.45) is 0 Å². The number of carbonyl (C=O) groups is 2. The van der Waals surface area contributed by atoms with Crippen LogP contribution >= 0.6 is 0 Å². The van der Waals surface area contributed by atoms with E-state index in [1.54, 1.807) is 17.6 Å². The number of aliphatic hydroxyl groups is 1. The Bertz CT molecular complexity index is 876. The highest BCUT2D eigenvalue weighted by molar-refractivity contribution is 6.05. The second-order valence-electron chi connectivity index (χ2n) is 5.40. The van der Waals surface area contributed by atoms with E-state index in [0.717, 1.165) is 0 Å². The molecule has 134 valence electrons. The molecule has 0 fully saturated rings. The maximum absolute atomic E-state index is 12.5. The molecule has 1 atom stereocenters. The van der Waals surface area contributed by atoms with E-state index in [2.05, 4.69) is 10.2 Å². The van der Waals surface area contributed by atoms with Gasteiger partial charge >= 0.3 is 6.18 Å². The molecular weight excluding hydrogens is 345 g/mol. The summed E-state index contributed by atoms with van der Waals surface area (Å²) in [4.78, 5) is 35.2. The van der Waals surface area contributed by atoms with Gasteiger partial charge in [0.05, 0.1) is 11.8 Å². The summed E-state index contributed by atoms with van der Waals surface area (Å²) < 4.78 is 37.5. The topological polar surface area (TPSA) is 124 Å². The Morgan fingerprint density at radius 2 is 1.80 bits per heavy atom. The maximum atomic E-state index is 12.5. The molecule has 0 aliphatic heterocycles. The van der Waals surface area contributed by atoms with Crippen molar-refractivity contribution < 1.29 is 27.9 Å². The van der Waals surface area contributed by atoms with E-state index in [-0.39, 0.29) is 16.5 Å². The minimum Gasteiger partial charge on any atom is -0.380 e. The number of amides is 2. The van der Waals surface area contributed by atoms with E-state index in [0.29, 0.717) is 6.92 Å². The molecule has 1 aromatic carbocycles. The third-order valence-electron chi connectivity index (χ3n) is 3.34. The quantitative estimate of drug-likeness (QED) is 0.591. The highest BCUT2D eigenvalue weighted by Gasteiger charge is 2.51. The van der Waals surface area contributed by atoms with E-state index in [4.69, 9.17) is 0 Å². The Balaban J connectivity index is 2.10. The van der Waals surface area contributed by atoms with E-state index < -0.39 is 35.6 Å². The molecule has 2 aromatic rings. The van der Waals surface area contributed by atoms with Gasteiger partial charge in [0.1, 0.15) is 0 Å². The molecule has 1 aromatic heterocycles. The van der Waals surface area contributed by atoms with Crippen LogP contribution in [-0.4, -0.2) is 38.9 Å². The fourth-order valence-corrected chi connectivity index (χ4v) is 1.93. The molecule has 0 saturated carbocycles. The molecule has 2 amide bonds. The summed E-state index contributed by atoms with van der Waals surface area (Å²) >= 11 is 0. The second-order valence-corrected chi connectivity index (χ2v) is 5.40.